The molecule has 18 heavy (non-hydrogen) atoms. The Balaban J connectivity index is 3.03. The van der Waals surface area contributed by atoms with E-state index in [-0.39, 0.29) is 24.5 Å². The van der Waals surface area contributed by atoms with Crippen molar-refractivity contribution in [3.8, 4) is 5.75 Å². The van der Waals surface area contributed by atoms with E-state index in [4.69, 9.17) is 4.74 Å². The Hall–Kier alpha value is -1.79. The second-order valence-corrected chi connectivity index (χ2v) is 3.33. The lowest BCUT2D eigenvalue weighted by Gasteiger charge is -2.11. The molecule has 100 valence electrons. The highest BCUT2D eigenvalue weighted by molar-refractivity contribution is 5.72. The highest BCUT2D eigenvalue weighted by Crippen LogP contribution is 2.30. The molecular weight excluding hydrogens is 251 g/mol. The summed E-state index contributed by atoms with van der Waals surface area (Å²) >= 11 is 0. The smallest absolute Gasteiger partial charge is 0.433 e. The number of esters is 1. The molecule has 0 saturated carbocycles. The highest BCUT2D eigenvalue weighted by atomic mass is 19.4. The maximum absolute atomic E-state index is 12.5. The largest absolute Gasteiger partial charge is 0.495 e. The van der Waals surface area contributed by atoms with Crippen molar-refractivity contribution in [3.63, 3.8) is 0 Å². The molecule has 0 fully saturated rings. The third-order valence-electron chi connectivity index (χ3n) is 2.06. The first-order valence-corrected chi connectivity index (χ1v) is 5.15. The molecule has 0 bridgehead atoms. The van der Waals surface area contributed by atoms with E-state index < -0.39 is 17.8 Å². The van der Waals surface area contributed by atoms with E-state index in [9.17, 15) is 18.0 Å². The van der Waals surface area contributed by atoms with Gasteiger partial charge in [-0.2, -0.15) is 13.2 Å². The highest BCUT2D eigenvalue weighted by Gasteiger charge is 2.33. The maximum atomic E-state index is 12.5. The minimum Gasteiger partial charge on any atom is -0.495 e. The number of methoxy groups -OCH3 is 1. The van der Waals surface area contributed by atoms with Crippen LogP contribution in [-0.4, -0.2) is 24.7 Å². The van der Waals surface area contributed by atoms with Gasteiger partial charge in [0.05, 0.1) is 25.8 Å². The van der Waals surface area contributed by atoms with E-state index in [1.54, 1.807) is 6.92 Å². The van der Waals surface area contributed by atoms with Crippen LogP contribution in [0.25, 0.3) is 0 Å². The fraction of sp³-hybridized carbons (Fsp3) is 0.455. The Morgan fingerprint density at radius 2 is 2.06 bits per heavy atom. The molecule has 4 nitrogen and oxygen atoms in total. The van der Waals surface area contributed by atoms with Crippen LogP contribution in [0.3, 0.4) is 0 Å². The zero-order valence-electron chi connectivity index (χ0n) is 9.87. The zero-order chi connectivity index (χ0) is 13.8. The average Bonchev–Trinajstić information content (AvgIpc) is 2.28. The van der Waals surface area contributed by atoms with Gasteiger partial charge in [-0.25, -0.2) is 4.98 Å². The van der Waals surface area contributed by atoms with E-state index in [1.165, 1.54) is 7.11 Å². The number of hydrogen-bond donors (Lipinski definition) is 0. The predicted octanol–water partition coefficient (Wildman–Crippen LogP) is 2.21. The summed E-state index contributed by atoms with van der Waals surface area (Å²) in [7, 11) is 1.29. The first-order chi connectivity index (χ1) is 8.38. The first kappa shape index (κ1) is 14.3. The number of ether oxygens (including phenoxy) is 2. The third-order valence-corrected chi connectivity index (χ3v) is 2.06. The number of hydrogen-bond acceptors (Lipinski definition) is 4. The predicted molar refractivity (Wildman–Crippen MR) is 56.1 cm³/mol. The van der Waals surface area contributed by atoms with Crippen molar-refractivity contribution in [2.24, 2.45) is 0 Å². The van der Waals surface area contributed by atoms with E-state index >= 15 is 0 Å². The summed E-state index contributed by atoms with van der Waals surface area (Å²) in [5.41, 5.74) is -1.16. The topological polar surface area (TPSA) is 48.4 Å². The van der Waals surface area contributed by atoms with E-state index in [0.29, 0.717) is 0 Å². The maximum Gasteiger partial charge on any atom is 0.433 e. The summed E-state index contributed by atoms with van der Waals surface area (Å²) in [6.07, 6.45) is -4.92. The number of aromatic nitrogens is 1. The molecule has 0 saturated heterocycles. The lowest BCUT2D eigenvalue weighted by atomic mass is 10.2. The lowest BCUT2D eigenvalue weighted by Crippen LogP contribution is -2.14. The number of pyridine rings is 1. The number of carbonyl (C=O) groups excluding carboxylic acids is 1. The standard InChI is InChI=1S/C11H12F3NO3/c1-3-18-10(16)6-7-8(17-2)4-5-9(15-7)11(12,13)14/h4-5H,3,6H2,1-2H3. The molecule has 1 heterocycles. The number of nitrogens with zero attached hydrogens (tertiary/aromatic N) is 1. The van der Waals surface area contributed by atoms with Crippen LogP contribution in [0.15, 0.2) is 12.1 Å². The molecule has 1 aromatic heterocycles. The molecule has 0 spiro atoms. The molecule has 0 unspecified atom stereocenters. The van der Waals surface area contributed by atoms with Gasteiger partial charge >= 0.3 is 12.1 Å². The zero-order valence-corrected chi connectivity index (χ0v) is 9.87. The fourth-order valence-electron chi connectivity index (χ4n) is 1.31. The molecule has 0 aliphatic rings. The minimum absolute atomic E-state index is 0.0919. The summed E-state index contributed by atoms with van der Waals surface area (Å²) in [5, 5.41) is 0. The van der Waals surface area contributed by atoms with Gasteiger partial charge in [-0.05, 0) is 19.1 Å². The van der Waals surface area contributed by atoms with Crippen LogP contribution in [0, 0.1) is 0 Å². The van der Waals surface area contributed by atoms with E-state index in [0.717, 1.165) is 12.1 Å². The SMILES string of the molecule is CCOC(=O)Cc1nc(C(F)(F)F)ccc1OC. The number of alkyl halides is 3. The summed E-state index contributed by atoms with van der Waals surface area (Å²) in [6, 6.07) is 1.93. The molecule has 0 atom stereocenters. The molecule has 1 rings (SSSR count). The average molecular weight is 263 g/mol. The number of rotatable bonds is 4. The Morgan fingerprint density at radius 3 is 2.56 bits per heavy atom. The Kier molecular flexibility index (Phi) is 4.52. The normalized spacial score (nSPS) is 11.2. The van der Waals surface area contributed by atoms with Crippen molar-refractivity contribution < 1.29 is 27.4 Å². The fourth-order valence-corrected chi connectivity index (χ4v) is 1.31. The van der Waals surface area contributed by atoms with Crippen LogP contribution in [0.5, 0.6) is 5.75 Å². The van der Waals surface area contributed by atoms with Crippen molar-refractivity contribution >= 4 is 5.97 Å². The summed E-state index contributed by atoms with van der Waals surface area (Å²) in [5.74, 6) is -0.529. The molecule has 0 aliphatic carbocycles. The van der Waals surface area contributed by atoms with Crippen LogP contribution < -0.4 is 4.74 Å². The van der Waals surface area contributed by atoms with Gasteiger partial charge in [0.25, 0.3) is 0 Å². The molecular formula is C11H12F3NO3. The van der Waals surface area contributed by atoms with Gasteiger partial charge in [0.2, 0.25) is 0 Å². The van der Waals surface area contributed by atoms with E-state index in [1.807, 2.05) is 0 Å². The van der Waals surface area contributed by atoms with Crippen LogP contribution in [-0.2, 0) is 22.1 Å². The van der Waals surface area contributed by atoms with Crippen molar-refractivity contribution in [2.75, 3.05) is 13.7 Å². The Labute approximate surface area is 102 Å². The van der Waals surface area contributed by atoms with Gasteiger partial charge in [0, 0.05) is 0 Å². The summed E-state index contributed by atoms with van der Waals surface area (Å²) < 4.78 is 46.9. The van der Waals surface area contributed by atoms with Crippen molar-refractivity contribution in [1.29, 1.82) is 0 Å². The Morgan fingerprint density at radius 1 is 1.39 bits per heavy atom. The number of halogens is 3. The molecule has 0 N–H and O–H groups in total. The van der Waals surface area contributed by atoms with Crippen molar-refractivity contribution in [1.82, 2.24) is 4.98 Å². The van der Waals surface area contributed by atoms with Gasteiger partial charge in [0.15, 0.2) is 0 Å². The lowest BCUT2D eigenvalue weighted by molar-refractivity contribution is -0.144. The van der Waals surface area contributed by atoms with Gasteiger partial charge in [-0.15, -0.1) is 0 Å². The monoisotopic (exact) mass is 263 g/mol. The molecule has 1 aromatic rings. The molecule has 0 amide bonds. The molecule has 0 aliphatic heterocycles. The van der Waals surface area contributed by atoms with Crippen molar-refractivity contribution in [3.05, 3.63) is 23.5 Å². The second kappa shape index (κ2) is 5.70. The van der Waals surface area contributed by atoms with Crippen LogP contribution >= 0.6 is 0 Å². The van der Waals surface area contributed by atoms with E-state index in [2.05, 4.69) is 9.72 Å². The summed E-state index contributed by atoms with van der Waals surface area (Å²) in [6.45, 7) is 1.76. The summed E-state index contributed by atoms with van der Waals surface area (Å²) in [4.78, 5) is 14.6. The minimum atomic E-state index is -4.56. The van der Waals surface area contributed by atoms with Gasteiger partial charge < -0.3 is 9.47 Å². The molecule has 0 radical (unpaired) electrons. The van der Waals surface area contributed by atoms with Gasteiger partial charge in [-0.1, -0.05) is 0 Å². The quantitative estimate of drug-likeness (QED) is 0.781. The van der Waals surface area contributed by atoms with Crippen LogP contribution in [0.2, 0.25) is 0 Å². The van der Waals surface area contributed by atoms with Crippen LogP contribution in [0.4, 0.5) is 13.2 Å². The first-order valence-electron chi connectivity index (χ1n) is 5.15. The second-order valence-electron chi connectivity index (χ2n) is 3.33. The van der Waals surface area contributed by atoms with Gasteiger partial charge in [0.1, 0.15) is 11.4 Å². The molecule has 7 heteroatoms. The van der Waals surface area contributed by atoms with Crippen LogP contribution in [0.1, 0.15) is 18.3 Å². The number of carbonyl (C=O) groups is 1. The Bertz CT molecular complexity index is 432. The van der Waals surface area contributed by atoms with Gasteiger partial charge in [-0.3, -0.25) is 4.79 Å². The third kappa shape index (κ3) is 3.61. The van der Waals surface area contributed by atoms with Crippen molar-refractivity contribution in [2.45, 2.75) is 19.5 Å². The molecule has 0 aromatic carbocycles.